The molecule has 0 bridgehead atoms. The maximum absolute atomic E-state index is 11.1. The molecule has 0 atom stereocenters. The van der Waals surface area contributed by atoms with Gasteiger partial charge in [0.25, 0.3) is 0 Å². The normalized spacial score (nSPS) is 22.5. The van der Waals surface area contributed by atoms with Gasteiger partial charge in [-0.05, 0) is 19.4 Å². The number of nitrogens with one attached hydrogen (secondary N) is 2. The lowest BCUT2D eigenvalue weighted by molar-refractivity contribution is -0.120. The zero-order valence-electron chi connectivity index (χ0n) is 7.57. The minimum absolute atomic E-state index is 0.185. The predicted octanol–water partition coefficient (Wildman–Crippen LogP) is 0.656. The van der Waals surface area contributed by atoms with Crippen LogP contribution in [0, 0.1) is 0 Å². The number of hydrogen-bond acceptors (Lipinski definition) is 2. The number of hydrogen-bond donors (Lipinski definition) is 2. The summed E-state index contributed by atoms with van der Waals surface area (Å²) in [6.45, 7) is 2.75. The van der Waals surface area contributed by atoms with Gasteiger partial charge in [-0.15, -0.1) is 0 Å². The summed E-state index contributed by atoms with van der Waals surface area (Å²) in [5.74, 6) is 0.185. The smallest absolute Gasteiger partial charge is 0.221 e. The van der Waals surface area contributed by atoms with Gasteiger partial charge in [0.15, 0.2) is 0 Å². The zero-order chi connectivity index (χ0) is 8.65. The fourth-order valence-electron chi connectivity index (χ4n) is 1.37. The molecule has 3 nitrogen and oxygen atoms in total. The van der Waals surface area contributed by atoms with E-state index >= 15 is 0 Å². The molecular weight excluding hydrogens is 152 g/mol. The molecule has 1 fully saturated rings. The topological polar surface area (TPSA) is 41.1 Å². The summed E-state index contributed by atoms with van der Waals surface area (Å²) in [6, 6.07) is 0. The average molecular weight is 170 g/mol. The number of amides is 1. The number of rotatable bonds is 0. The first kappa shape index (κ1) is 9.52. The van der Waals surface area contributed by atoms with Gasteiger partial charge in [-0.25, -0.2) is 0 Å². The molecule has 0 aromatic heterocycles. The zero-order valence-corrected chi connectivity index (χ0v) is 7.57. The lowest BCUT2D eigenvalue weighted by Gasteiger charge is -2.02. The van der Waals surface area contributed by atoms with Crippen LogP contribution in [0.15, 0.2) is 0 Å². The van der Waals surface area contributed by atoms with Crippen molar-refractivity contribution in [1.82, 2.24) is 10.6 Å². The SMILES string of the molecule is O=C1CCNCCCCCCN1. The molecule has 1 aliphatic heterocycles. The molecule has 0 aliphatic carbocycles. The van der Waals surface area contributed by atoms with E-state index in [2.05, 4.69) is 10.6 Å². The summed E-state index contributed by atoms with van der Waals surface area (Å²) in [5.41, 5.74) is 0. The Morgan fingerprint density at radius 2 is 1.67 bits per heavy atom. The van der Waals surface area contributed by atoms with Crippen molar-refractivity contribution in [2.75, 3.05) is 19.6 Å². The van der Waals surface area contributed by atoms with Crippen LogP contribution in [0.1, 0.15) is 32.1 Å². The lowest BCUT2D eigenvalue weighted by Crippen LogP contribution is -2.28. The average Bonchev–Trinajstić information content (AvgIpc) is 2.11. The van der Waals surface area contributed by atoms with Crippen LogP contribution in [0.5, 0.6) is 0 Å². The van der Waals surface area contributed by atoms with Crippen molar-refractivity contribution in [2.45, 2.75) is 32.1 Å². The Morgan fingerprint density at radius 3 is 2.50 bits per heavy atom. The fraction of sp³-hybridized carbons (Fsp3) is 0.889. The molecule has 1 rings (SSSR count). The first-order chi connectivity index (χ1) is 5.89. The van der Waals surface area contributed by atoms with E-state index in [1.165, 1.54) is 19.3 Å². The Kier molecular flexibility index (Phi) is 4.76. The van der Waals surface area contributed by atoms with E-state index in [1.54, 1.807) is 0 Å². The molecular formula is C9H18N2O. The summed E-state index contributed by atoms with van der Waals surface area (Å²) in [4.78, 5) is 11.1. The van der Waals surface area contributed by atoms with Crippen LogP contribution in [0.2, 0.25) is 0 Å². The van der Waals surface area contributed by atoms with Gasteiger partial charge in [-0.2, -0.15) is 0 Å². The molecule has 0 spiro atoms. The van der Waals surface area contributed by atoms with E-state index in [4.69, 9.17) is 0 Å². The third-order valence-corrected chi connectivity index (χ3v) is 2.13. The first-order valence-electron chi connectivity index (χ1n) is 4.87. The summed E-state index contributed by atoms with van der Waals surface area (Å²) in [6.07, 6.45) is 5.52. The minimum Gasteiger partial charge on any atom is -0.356 e. The molecule has 0 aromatic rings. The second-order valence-corrected chi connectivity index (χ2v) is 3.26. The molecule has 0 radical (unpaired) electrons. The number of carbonyl (C=O) groups is 1. The molecule has 1 amide bonds. The molecule has 1 saturated heterocycles. The van der Waals surface area contributed by atoms with E-state index in [-0.39, 0.29) is 5.91 Å². The van der Waals surface area contributed by atoms with Gasteiger partial charge in [-0.3, -0.25) is 4.79 Å². The highest BCUT2D eigenvalue weighted by Gasteiger charge is 2.01. The van der Waals surface area contributed by atoms with Crippen LogP contribution in [0.25, 0.3) is 0 Å². The molecule has 1 heterocycles. The standard InChI is InChI=1S/C9H18N2O/c12-9-5-8-10-6-3-1-2-4-7-11-9/h10H,1-8H2,(H,11,12). The van der Waals surface area contributed by atoms with Gasteiger partial charge in [0.05, 0.1) is 0 Å². The molecule has 0 unspecified atom stereocenters. The minimum atomic E-state index is 0.185. The molecule has 12 heavy (non-hydrogen) atoms. The highest BCUT2D eigenvalue weighted by Crippen LogP contribution is 1.98. The van der Waals surface area contributed by atoms with Crippen molar-refractivity contribution in [2.24, 2.45) is 0 Å². The second kappa shape index (κ2) is 6.00. The Labute approximate surface area is 73.9 Å². The Balaban J connectivity index is 2.17. The van der Waals surface area contributed by atoms with Crippen molar-refractivity contribution < 1.29 is 4.79 Å². The Bertz CT molecular complexity index is 122. The van der Waals surface area contributed by atoms with Crippen molar-refractivity contribution in [3.8, 4) is 0 Å². The van der Waals surface area contributed by atoms with Gasteiger partial charge in [-0.1, -0.05) is 12.8 Å². The monoisotopic (exact) mass is 170 g/mol. The van der Waals surface area contributed by atoms with Gasteiger partial charge >= 0.3 is 0 Å². The van der Waals surface area contributed by atoms with Gasteiger partial charge in [0.2, 0.25) is 5.91 Å². The van der Waals surface area contributed by atoms with Crippen LogP contribution in [-0.4, -0.2) is 25.5 Å². The molecule has 0 saturated carbocycles. The van der Waals surface area contributed by atoms with Crippen LogP contribution in [0.3, 0.4) is 0 Å². The summed E-state index contributed by atoms with van der Waals surface area (Å²) in [5, 5.41) is 6.15. The lowest BCUT2D eigenvalue weighted by atomic mass is 10.2. The van der Waals surface area contributed by atoms with E-state index in [1.807, 2.05) is 0 Å². The first-order valence-corrected chi connectivity index (χ1v) is 4.87. The van der Waals surface area contributed by atoms with Crippen molar-refractivity contribution in [3.05, 3.63) is 0 Å². The van der Waals surface area contributed by atoms with E-state index in [0.717, 1.165) is 26.1 Å². The highest BCUT2D eigenvalue weighted by atomic mass is 16.1. The maximum atomic E-state index is 11.1. The van der Waals surface area contributed by atoms with Crippen LogP contribution >= 0.6 is 0 Å². The Hall–Kier alpha value is -0.570. The quantitative estimate of drug-likeness (QED) is 0.560. The molecule has 0 aromatic carbocycles. The van der Waals surface area contributed by atoms with Crippen molar-refractivity contribution in [3.63, 3.8) is 0 Å². The maximum Gasteiger partial charge on any atom is 0.221 e. The summed E-state index contributed by atoms with van der Waals surface area (Å²) >= 11 is 0. The van der Waals surface area contributed by atoms with Crippen molar-refractivity contribution >= 4 is 5.91 Å². The largest absolute Gasteiger partial charge is 0.356 e. The molecule has 70 valence electrons. The van der Waals surface area contributed by atoms with E-state index < -0.39 is 0 Å². The van der Waals surface area contributed by atoms with Crippen LogP contribution in [-0.2, 0) is 4.79 Å². The predicted molar refractivity (Wildman–Crippen MR) is 49.0 cm³/mol. The summed E-state index contributed by atoms with van der Waals surface area (Å²) < 4.78 is 0. The molecule has 3 heteroatoms. The fourth-order valence-corrected chi connectivity index (χ4v) is 1.37. The summed E-state index contributed by atoms with van der Waals surface area (Å²) in [7, 11) is 0. The van der Waals surface area contributed by atoms with Crippen LogP contribution < -0.4 is 10.6 Å². The van der Waals surface area contributed by atoms with E-state index in [9.17, 15) is 4.79 Å². The number of carbonyl (C=O) groups excluding carboxylic acids is 1. The van der Waals surface area contributed by atoms with Crippen LogP contribution in [0.4, 0.5) is 0 Å². The molecule has 2 N–H and O–H groups in total. The third-order valence-electron chi connectivity index (χ3n) is 2.13. The Morgan fingerprint density at radius 1 is 0.917 bits per heavy atom. The van der Waals surface area contributed by atoms with Gasteiger partial charge in [0, 0.05) is 19.5 Å². The highest BCUT2D eigenvalue weighted by molar-refractivity contribution is 5.75. The van der Waals surface area contributed by atoms with Gasteiger partial charge < -0.3 is 10.6 Å². The van der Waals surface area contributed by atoms with Gasteiger partial charge in [0.1, 0.15) is 0 Å². The van der Waals surface area contributed by atoms with Crippen molar-refractivity contribution in [1.29, 1.82) is 0 Å². The van der Waals surface area contributed by atoms with E-state index in [0.29, 0.717) is 6.42 Å². The molecule has 1 aliphatic rings. The second-order valence-electron chi connectivity index (χ2n) is 3.26. The third kappa shape index (κ3) is 4.34.